The lowest BCUT2D eigenvalue weighted by Gasteiger charge is -2.19. The van der Waals surface area contributed by atoms with Crippen molar-refractivity contribution in [2.75, 3.05) is 23.3 Å². The molecule has 0 saturated heterocycles. The summed E-state index contributed by atoms with van der Waals surface area (Å²) in [6.45, 7) is 0.749. The van der Waals surface area contributed by atoms with Crippen molar-refractivity contribution in [2.24, 2.45) is 0 Å². The van der Waals surface area contributed by atoms with Gasteiger partial charge in [-0.25, -0.2) is 8.42 Å². The van der Waals surface area contributed by atoms with E-state index in [9.17, 15) is 13.2 Å². The smallest absolute Gasteiger partial charge is 0.262 e. The standard InChI is InChI=1S/C23H18N4O5S2/c28-23(24-16-7-5-15(6-8-16)20-14-33-27-25-20)18-3-1-2-4-19(18)26-34(29,30)17-9-10-21-22(13-17)32-12-11-31-21/h1-10,13-14,26H,11-12H2,(H,24,28). The average molecular weight is 495 g/mol. The van der Waals surface area contributed by atoms with Crippen molar-refractivity contribution in [3.63, 3.8) is 0 Å². The van der Waals surface area contributed by atoms with Gasteiger partial charge in [0.15, 0.2) is 11.5 Å². The van der Waals surface area contributed by atoms with E-state index >= 15 is 0 Å². The van der Waals surface area contributed by atoms with Crippen LogP contribution in [0.5, 0.6) is 11.5 Å². The number of para-hydroxylation sites is 1. The summed E-state index contributed by atoms with van der Waals surface area (Å²) in [5.41, 5.74) is 2.51. The molecule has 5 rings (SSSR count). The van der Waals surface area contributed by atoms with E-state index in [1.807, 2.05) is 17.5 Å². The second-order valence-electron chi connectivity index (χ2n) is 7.28. The molecule has 4 aromatic rings. The van der Waals surface area contributed by atoms with E-state index in [1.54, 1.807) is 36.4 Å². The molecule has 0 spiro atoms. The number of hydrogen-bond acceptors (Lipinski definition) is 8. The predicted octanol–water partition coefficient (Wildman–Crippen LogP) is 4.03. The minimum atomic E-state index is -3.98. The molecule has 0 aliphatic carbocycles. The minimum Gasteiger partial charge on any atom is -0.486 e. The Hall–Kier alpha value is -3.96. The summed E-state index contributed by atoms with van der Waals surface area (Å²) in [5.74, 6) is 0.391. The molecule has 0 atom stereocenters. The first-order valence-electron chi connectivity index (χ1n) is 10.2. The zero-order chi connectivity index (χ0) is 23.5. The lowest BCUT2D eigenvalue weighted by atomic mass is 10.1. The molecule has 3 aromatic carbocycles. The molecule has 1 aliphatic heterocycles. The van der Waals surface area contributed by atoms with E-state index in [-0.39, 0.29) is 16.1 Å². The largest absolute Gasteiger partial charge is 0.486 e. The summed E-state index contributed by atoms with van der Waals surface area (Å²) in [4.78, 5) is 13.0. The molecule has 172 valence electrons. The van der Waals surface area contributed by atoms with Gasteiger partial charge < -0.3 is 14.8 Å². The lowest BCUT2D eigenvalue weighted by Crippen LogP contribution is -2.19. The third kappa shape index (κ3) is 4.56. The lowest BCUT2D eigenvalue weighted by molar-refractivity contribution is 0.102. The van der Waals surface area contributed by atoms with Gasteiger partial charge in [-0.15, -0.1) is 5.10 Å². The Bertz CT molecular complexity index is 1440. The highest BCUT2D eigenvalue weighted by Crippen LogP contribution is 2.33. The van der Waals surface area contributed by atoms with Crippen LogP contribution in [-0.2, 0) is 10.0 Å². The monoisotopic (exact) mass is 494 g/mol. The van der Waals surface area contributed by atoms with Crippen LogP contribution in [0.1, 0.15) is 10.4 Å². The fraction of sp³-hybridized carbons (Fsp3) is 0.0870. The molecule has 0 fully saturated rings. The van der Waals surface area contributed by atoms with E-state index in [1.165, 1.54) is 29.7 Å². The van der Waals surface area contributed by atoms with Crippen LogP contribution in [0.25, 0.3) is 11.3 Å². The van der Waals surface area contributed by atoms with E-state index < -0.39 is 15.9 Å². The summed E-state index contributed by atoms with van der Waals surface area (Å²) in [6, 6.07) is 17.9. The average Bonchev–Trinajstić information content (AvgIpc) is 3.39. The Labute approximate surface area is 199 Å². The number of sulfonamides is 1. The van der Waals surface area contributed by atoms with Crippen LogP contribution in [0.3, 0.4) is 0 Å². The van der Waals surface area contributed by atoms with Gasteiger partial charge in [-0.1, -0.05) is 28.8 Å². The van der Waals surface area contributed by atoms with Crippen molar-refractivity contribution in [1.82, 2.24) is 9.59 Å². The SMILES string of the molecule is O=C(Nc1ccc(-c2csnn2)cc1)c1ccccc1NS(=O)(=O)c1ccc2c(c1)OCCO2. The number of hydrogen-bond donors (Lipinski definition) is 2. The second kappa shape index (κ2) is 9.12. The van der Waals surface area contributed by atoms with Crippen molar-refractivity contribution >= 4 is 38.8 Å². The van der Waals surface area contributed by atoms with Gasteiger partial charge in [0.2, 0.25) is 0 Å². The third-order valence-electron chi connectivity index (χ3n) is 5.04. The van der Waals surface area contributed by atoms with Crippen LogP contribution >= 0.6 is 11.5 Å². The minimum absolute atomic E-state index is 0.000852. The highest BCUT2D eigenvalue weighted by molar-refractivity contribution is 7.92. The van der Waals surface area contributed by atoms with E-state index in [0.717, 1.165) is 11.3 Å². The van der Waals surface area contributed by atoms with Crippen LogP contribution in [-0.4, -0.2) is 37.1 Å². The number of carbonyl (C=O) groups excluding carboxylic acids is 1. The molecule has 2 N–H and O–H groups in total. The number of rotatable bonds is 6. The summed E-state index contributed by atoms with van der Waals surface area (Å²) >= 11 is 1.26. The highest BCUT2D eigenvalue weighted by Gasteiger charge is 2.22. The van der Waals surface area contributed by atoms with Crippen LogP contribution < -0.4 is 19.5 Å². The quantitative estimate of drug-likeness (QED) is 0.415. The first kappa shape index (κ1) is 21.9. The number of benzene rings is 3. The predicted molar refractivity (Wildman–Crippen MR) is 128 cm³/mol. The molecule has 0 saturated carbocycles. The Kier molecular flexibility index (Phi) is 5.86. The number of nitrogens with zero attached hydrogens (tertiary/aromatic N) is 2. The number of aromatic nitrogens is 2. The first-order chi connectivity index (χ1) is 16.5. The molecule has 0 radical (unpaired) electrons. The molecular weight excluding hydrogens is 476 g/mol. The summed E-state index contributed by atoms with van der Waals surface area (Å²) in [5, 5.41) is 8.65. The van der Waals surface area contributed by atoms with Crippen LogP contribution in [0.4, 0.5) is 11.4 Å². The molecule has 34 heavy (non-hydrogen) atoms. The topological polar surface area (TPSA) is 120 Å². The number of carbonyl (C=O) groups is 1. The van der Waals surface area contributed by atoms with Crippen molar-refractivity contribution in [3.8, 4) is 22.8 Å². The number of anilines is 2. The van der Waals surface area contributed by atoms with Crippen LogP contribution in [0, 0.1) is 0 Å². The van der Waals surface area contributed by atoms with Crippen molar-refractivity contribution in [1.29, 1.82) is 0 Å². The molecule has 1 amide bonds. The molecule has 1 aliphatic rings. The molecule has 2 heterocycles. The van der Waals surface area contributed by atoms with Crippen LogP contribution in [0.15, 0.2) is 77.0 Å². The van der Waals surface area contributed by atoms with Gasteiger partial charge in [-0.3, -0.25) is 9.52 Å². The van der Waals surface area contributed by atoms with E-state index in [0.29, 0.717) is 30.4 Å². The summed E-state index contributed by atoms with van der Waals surface area (Å²) in [6.07, 6.45) is 0. The molecule has 0 unspecified atom stereocenters. The fourth-order valence-electron chi connectivity index (χ4n) is 3.38. The Morgan fingerprint density at radius 2 is 1.71 bits per heavy atom. The Balaban J connectivity index is 1.35. The third-order valence-corrected chi connectivity index (χ3v) is 6.91. The van der Waals surface area contributed by atoms with Crippen molar-refractivity contribution in [3.05, 3.63) is 77.7 Å². The van der Waals surface area contributed by atoms with Crippen LogP contribution in [0.2, 0.25) is 0 Å². The van der Waals surface area contributed by atoms with Gasteiger partial charge in [-0.05, 0) is 47.9 Å². The van der Waals surface area contributed by atoms with E-state index in [2.05, 4.69) is 19.6 Å². The maximum Gasteiger partial charge on any atom is 0.262 e. The fourth-order valence-corrected chi connectivity index (χ4v) is 4.94. The molecule has 1 aromatic heterocycles. The second-order valence-corrected chi connectivity index (χ2v) is 9.57. The molecular formula is C23H18N4O5S2. The maximum absolute atomic E-state index is 13.0. The zero-order valence-corrected chi connectivity index (χ0v) is 19.2. The maximum atomic E-state index is 13.0. The van der Waals surface area contributed by atoms with Gasteiger partial charge in [0, 0.05) is 22.7 Å². The normalized spacial score (nSPS) is 12.7. The number of amides is 1. The van der Waals surface area contributed by atoms with E-state index in [4.69, 9.17) is 9.47 Å². The van der Waals surface area contributed by atoms with Gasteiger partial charge in [0.05, 0.1) is 16.1 Å². The molecule has 9 nitrogen and oxygen atoms in total. The van der Waals surface area contributed by atoms with Gasteiger partial charge in [0.25, 0.3) is 15.9 Å². The number of fused-ring (bicyclic) bond motifs is 1. The molecule has 0 bridgehead atoms. The first-order valence-corrected chi connectivity index (χ1v) is 12.5. The van der Waals surface area contributed by atoms with Gasteiger partial charge in [-0.2, -0.15) is 0 Å². The Morgan fingerprint density at radius 1 is 0.941 bits per heavy atom. The summed E-state index contributed by atoms with van der Waals surface area (Å²) in [7, 11) is -3.98. The summed E-state index contributed by atoms with van der Waals surface area (Å²) < 4.78 is 43.3. The van der Waals surface area contributed by atoms with Crippen molar-refractivity contribution < 1.29 is 22.7 Å². The van der Waals surface area contributed by atoms with Crippen molar-refractivity contribution in [2.45, 2.75) is 4.90 Å². The highest BCUT2D eigenvalue weighted by atomic mass is 32.2. The molecule has 11 heteroatoms. The zero-order valence-electron chi connectivity index (χ0n) is 17.6. The number of ether oxygens (including phenoxy) is 2. The van der Waals surface area contributed by atoms with Gasteiger partial charge >= 0.3 is 0 Å². The number of nitrogens with one attached hydrogen (secondary N) is 2. The Morgan fingerprint density at radius 3 is 2.47 bits per heavy atom. The van der Waals surface area contributed by atoms with Gasteiger partial charge in [0.1, 0.15) is 18.9 Å².